The minimum atomic E-state index is -0.350. The van der Waals surface area contributed by atoms with Gasteiger partial charge in [-0.05, 0) is 13.0 Å². The Bertz CT molecular complexity index is 1060. The van der Waals surface area contributed by atoms with Gasteiger partial charge in [-0.25, -0.2) is 9.67 Å². The van der Waals surface area contributed by atoms with Gasteiger partial charge >= 0.3 is 0 Å². The monoisotopic (exact) mass is 365 g/mol. The minimum Gasteiger partial charge on any atom is -0.353 e. The molecule has 0 aliphatic heterocycles. The molecule has 8 heteroatoms. The van der Waals surface area contributed by atoms with E-state index in [9.17, 15) is 14.4 Å². The van der Waals surface area contributed by atoms with Crippen molar-refractivity contribution in [2.75, 3.05) is 6.54 Å². The van der Waals surface area contributed by atoms with Gasteiger partial charge in [0.25, 0.3) is 11.1 Å². The lowest BCUT2D eigenvalue weighted by Crippen LogP contribution is -2.36. The van der Waals surface area contributed by atoms with E-state index in [2.05, 4.69) is 15.4 Å². The highest BCUT2D eigenvalue weighted by molar-refractivity contribution is 5.75. The zero-order valence-corrected chi connectivity index (χ0v) is 14.8. The molecule has 0 aliphatic carbocycles. The van der Waals surface area contributed by atoms with E-state index in [0.29, 0.717) is 11.4 Å². The molecule has 0 atom stereocenters. The highest BCUT2D eigenvalue weighted by Crippen LogP contribution is 2.13. The average Bonchev–Trinajstić information content (AvgIpc) is 2.66. The molecule has 0 fully saturated rings. The van der Waals surface area contributed by atoms with Crippen molar-refractivity contribution in [1.29, 1.82) is 0 Å². The van der Waals surface area contributed by atoms with Gasteiger partial charge in [-0.3, -0.25) is 19.0 Å². The maximum Gasteiger partial charge on any atom is 0.267 e. The molecule has 0 unspecified atom stereocenters. The normalized spacial score (nSPS) is 10.6. The SMILES string of the molecule is Cc1ccc(=O)n(CC(=O)NCCn2cnc(-c3ccccc3)cc2=O)n1. The molecular weight excluding hydrogens is 346 g/mol. The number of carbonyl (C=O) groups excluding carboxylic acids is 1. The highest BCUT2D eigenvalue weighted by atomic mass is 16.2. The summed E-state index contributed by atoms with van der Waals surface area (Å²) in [4.78, 5) is 40.1. The number of benzene rings is 1. The first kappa shape index (κ1) is 18.2. The molecule has 138 valence electrons. The zero-order valence-electron chi connectivity index (χ0n) is 14.8. The van der Waals surface area contributed by atoms with Crippen molar-refractivity contribution in [3.63, 3.8) is 0 Å². The molecule has 3 rings (SSSR count). The second kappa shape index (κ2) is 8.22. The molecule has 0 saturated carbocycles. The number of amides is 1. The van der Waals surface area contributed by atoms with Gasteiger partial charge < -0.3 is 5.32 Å². The summed E-state index contributed by atoms with van der Waals surface area (Å²) in [5, 5.41) is 6.68. The van der Waals surface area contributed by atoms with Crippen LogP contribution in [0.3, 0.4) is 0 Å². The second-order valence-electron chi connectivity index (χ2n) is 5.99. The molecule has 1 N–H and O–H groups in total. The van der Waals surface area contributed by atoms with Crippen molar-refractivity contribution in [2.24, 2.45) is 0 Å². The quantitative estimate of drug-likeness (QED) is 0.689. The first-order chi connectivity index (χ1) is 13.0. The fraction of sp³-hybridized carbons (Fsp3) is 0.211. The van der Waals surface area contributed by atoms with Crippen LogP contribution in [0.25, 0.3) is 11.3 Å². The van der Waals surface area contributed by atoms with E-state index in [4.69, 9.17) is 0 Å². The number of hydrogen-bond acceptors (Lipinski definition) is 5. The van der Waals surface area contributed by atoms with E-state index in [0.717, 1.165) is 10.2 Å². The summed E-state index contributed by atoms with van der Waals surface area (Å²) >= 11 is 0. The van der Waals surface area contributed by atoms with Gasteiger partial charge in [0.05, 0.1) is 17.7 Å². The van der Waals surface area contributed by atoms with Gasteiger partial charge in [-0.1, -0.05) is 30.3 Å². The van der Waals surface area contributed by atoms with Crippen LogP contribution in [-0.2, 0) is 17.9 Å². The maximum atomic E-state index is 12.2. The van der Waals surface area contributed by atoms with E-state index < -0.39 is 0 Å². The fourth-order valence-corrected chi connectivity index (χ4v) is 2.53. The Morgan fingerprint density at radius 1 is 1.07 bits per heavy atom. The number of carbonyl (C=O) groups is 1. The summed E-state index contributed by atoms with van der Waals surface area (Å²) in [6, 6.07) is 13.9. The summed E-state index contributed by atoms with van der Waals surface area (Å²) in [5.41, 5.74) is 1.58. The Labute approximate surface area is 155 Å². The Hall–Kier alpha value is -3.55. The van der Waals surface area contributed by atoms with Gasteiger partial charge in [-0.15, -0.1) is 0 Å². The van der Waals surface area contributed by atoms with E-state index in [1.165, 1.54) is 23.0 Å². The van der Waals surface area contributed by atoms with Gasteiger partial charge in [-0.2, -0.15) is 5.10 Å². The van der Waals surface area contributed by atoms with Gasteiger partial charge in [0.1, 0.15) is 6.54 Å². The van der Waals surface area contributed by atoms with Crippen molar-refractivity contribution in [1.82, 2.24) is 24.6 Å². The van der Waals surface area contributed by atoms with Gasteiger partial charge in [0.15, 0.2) is 0 Å². The lowest BCUT2D eigenvalue weighted by molar-refractivity contribution is -0.121. The predicted octanol–water partition coefficient (Wildman–Crippen LogP) is 0.592. The number of nitrogens with zero attached hydrogens (tertiary/aromatic N) is 4. The maximum absolute atomic E-state index is 12.2. The number of nitrogens with one attached hydrogen (secondary N) is 1. The van der Waals surface area contributed by atoms with Crippen LogP contribution in [0.4, 0.5) is 0 Å². The van der Waals surface area contributed by atoms with Gasteiger partial charge in [0, 0.05) is 30.8 Å². The molecule has 2 heterocycles. The van der Waals surface area contributed by atoms with Crippen LogP contribution in [0.5, 0.6) is 0 Å². The van der Waals surface area contributed by atoms with Crippen LogP contribution in [-0.4, -0.2) is 31.8 Å². The van der Waals surface area contributed by atoms with Crippen molar-refractivity contribution < 1.29 is 4.79 Å². The third-order valence-corrected chi connectivity index (χ3v) is 3.92. The Morgan fingerprint density at radius 3 is 2.59 bits per heavy atom. The first-order valence-corrected chi connectivity index (χ1v) is 8.46. The Balaban J connectivity index is 1.57. The van der Waals surface area contributed by atoms with E-state index in [1.54, 1.807) is 13.0 Å². The molecule has 1 amide bonds. The average molecular weight is 365 g/mol. The standard InChI is InChI=1S/C19H19N5O3/c1-14-7-8-18(26)24(22-14)12-17(25)20-9-10-23-13-21-16(11-19(23)27)15-5-3-2-4-6-15/h2-8,11,13H,9-10,12H2,1H3,(H,20,25). The lowest BCUT2D eigenvalue weighted by Gasteiger charge is -2.09. The van der Waals surface area contributed by atoms with Crippen LogP contribution < -0.4 is 16.4 Å². The number of aryl methyl sites for hydroxylation is 1. The molecule has 27 heavy (non-hydrogen) atoms. The third-order valence-electron chi connectivity index (χ3n) is 3.92. The summed E-state index contributed by atoms with van der Waals surface area (Å²) < 4.78 is 2.52. The fourth-order valence-electron chi connectivity index (χ4n) is 2.53. The van der Waals surface area contributed by atoms with Gasteiger partial charge in [0.2, 0.25) is 5.91 Å². The topological polar surface area (TPSA) is 98.9 Å². The molecule has 8 nitrogen and oxygen atoms in total. The summed E-state index contributed by atoms with van der Waals surface area (Å²) in [6.07, 6.45) is 1.46. The number of rotatable bonds is 6. The molecule has 1 aromatic carbocycles. The smallest absolute Gasteiger partial charge is 0.267 e. The number of hydrogen-bond donors (Lipinski definition) is 1. The van der Waals surface area contributed by atoms with Crippen molar-refractivity contribution in [3.8, 4) is 11.3 Å². The largest absolute Gasteiger partial charge is 0.353 e. The second-order valence-corrected chi connectivity index (χ2v) is 5.99. The minimum absolute atomic E-state index is 0.166. The zero-order chi connectivity index (χ0) is 19.2. The van der Waals surface area contributed by atoms with E-state index in [1.807, 2.05) is 30.3 Å². The molecule has 0 radical (unpaired) electrons. The Morgan fingerprint density at radius 2 is 1.85 bits per heavy atom. The Kier molecular flexibility index (Phi) is 5.55. The predicted molar refractivity (Wildman–Crippen MR) is 100 cm³/mol. The molecule has 0 bridgehead atoms. The summed E-state index contributed by atoms with van der Waals surface area (Å²) in [5.74, 6) is -0.350. The van der Waals surface area contributed by atoms with Crippen molar-refractivity contribution >= 4 is 5.91 Å². The van der Waals surface area contributed by atoms with E-state index in [-0.39, 0.29) is 36.7 Å². The van der Waals surface area contributed by atoms with Crippen LogP contribution in [0, 0.1) is 6.92 Å². The number of aromatic nitrogens is 4. The van der Waals surface area contributed by atoms with Crippen LogP contribution in [0.2, 0.25) is 0 Å². The van der Waals surface area contributed by atoms with Crippen molar-refractivity contribution in [2.45, 2.75) is 20.0 Å². The summed E-state index contributed by atoms with van der Waals surface area (Å²) in [7, 11) is 0. The van der Waals surface area contributed by atoms with Crippen molar-refractivity contribution in [3.05, 3.63) is 81.3 Å². The lowest BCUT2D eigenvalue weighted by atomic mass is 10.1. The van der Waals surface area contributed by atoms with Crippen LogP contribution in [0.1, 0.15) is 5.69 Å². The molecule has 0 spiro atoms. The first-order valence-electron chi connectivity index (χ1n) is 8.46. The molecule has 0 aliphatic rings. The highest BCUT2D eigenvalue weighted by Gasteiger charge is 2.07. The molecule has 2 aromatic heterocycles. The van der Waals surface area contributed by atoms with Crippen LogP contribution in [0.15, 0.2) is 64.4 Å². The molecule has 3 aromatic rings. The summed E-state index contributed by atoms with van der Waals surface area (Å²) in [6.45, 7) is 2.10. The molecular formula is C19H19N5O3. The van der Waals surface area contributed by atoms with Crippen LogP contribution >= 0.6 is 0 Å². The van der Waals surface area contributed by atoms with E-state index >= 15 is 0 Å². The third kappa shape index (κ3) is 4.75. The molecule has 0 saturated heterocycles.